The fourth-order valence-electron chi connectivity index (χ4n) is 5.51. The zero-order valence-corrected chi connectivity index (χ0v) is 18.9. The quantitative estimate of drug-likeness (QED) is 0.445. The van der Waals surface area contributed by atoms with Gasteiger partial charge in [0.2, 0.25) is 0 Å². The molecule has 1 aliphatic carbocycles. The molecule has 0 bridgehead atoms. The van der Waals surface area contributed by atoms with Crippen molar-refractivity contribution in [1.29, 1.82) is 0 Å². The van der Waals surface area contributed by atoms with Gasteiger partial charge in [-0.05, 0) is 67.3 Å². The highest BCUT2D eigenvalue weighted by molar-refractivity contribution is 6.08. The number of H-pyrrole nitrogens is 1. The number of likely N-dealkylation sites (tertiary alicyclic amines) is 1. The second-order valence-corrected chi connectivity index (χ2v) is 9.50. The summed E-state index contributed by atoms with van der Waals surface area (Å²) in [5.41, 5.74) is 1.01. The highest BCUT2D eigenvalue weighted by atomic mass is 19.4. The van der Waals surface area contributed by atoms with E-state index in [1.54, 1.807) is 6.20 Å². The molecule has 3 aromatic rings. The molecular weight excluding hydrogens is 464 g/mol. The van der Waals surface area contributed by atoms with E-state index < -0.39 is 24.4 Å². The molecule has 0 radical (unpaired) electrons. The molecule has 0 unspecified atom stereocenters. The van der Waals surface area contributed by atoms with E-state index in [2.05, 4.69) is 15.3 Å². The lowest BCUT2D eigenvalue weighted by Gasteiger charge is -2.20. The molecule has 3 heterocycles. The number of nitrogens with one attached hydrogen (secondary N) is 2. The smallest absolute Gasteiger partial charge is 0.401 e. The van der Waals surface area contributed by atoms with Gasteiger partial charge in [0.15, 0.2) is 11.5 Å². The fraction of sp³-hybridized carbons (Fsp3) is 0.440. The van der Waals surface area contributed by atoms with Crippen molar-refractivity contribution >= 4 is 22.5 Å². The average Bonchev–Trinajstić information content (AvgIpc) is 3.46. The number of halogens is 4. The van der Waals surface area contributed by atoms with Gasteiger partial charge < -0.3 is 15.0 Å². The minimum atomic E-state index is -4.14. The lowest BCUT2D eigenvalue weighted by molar-refractivity contribution is -0.144. The van der Waals surface area contributed by atoms with Crippen molar-refractivity contribution < 1.29 is 27.1 Å². The Balaban J connectivity index is 1.14. The molecule has 2 aliphatic rings. The summed E-state index contributed by atoms with van der Waals surface area (Å²) in [4.78, 5) is 20.8. The van der Waals surface area contributed by atoms with Crippen molar-refractivity contribution in [1.82, 2.24) is 14.9 Å². The Kier molecular flexibility index (Phi) is 6.39. The zero-order valence-electron chi connectivity index (χ0n) is 18.9. The average molecular weight is 491 g/mol. The third kappa shape index (κ3) is 5.42. The van der Waals surface area contributed by atoms with Gasteiger partial charge in [-0.2, -0.15) is 13.2 Å². The van der Waals surface area contributed by atoms with Crippen LogP contribution in [-0.2, 0) is 0 Å². The SMILES string of the molecule is O=C(Nc1c[nH]c2ccc(OCC[C@@H]3C[C@@H]4CN(CC(F)(F)F)C[C@@H]4C3)cc12)c1ncccc1F. The van der Waals surface area contributed by atoms with E-state index in [0.29, 0.717) is 48.9 Å². The number of benzene rings is 1. The molecule has 1 aromatic carbocycles. The van der Waals surface area contributed by atoms with Gasteiger partial charge in [-0.25, -0.2) is 9.37 Å². The first-order valence-electron chi connectivity index (χ1n) is 11.7. The van der Waals surface area contributed by atoms with Crippen molar-refractivity contribution in [2.75, 3.05) is 31.6 Å². The van der Waals surface area contributed by atoms with Crippen LogP contribution >= 0.6 is 0 Å². The van der Waals surface area contributed by atoms with Crippen LogP contribution in [0.25, 0.3) is 10.9 Å². The number of fused-ring (bicyclic) bond motifs is 2. The monoisotopic (exact) mass is 490 g/mol. The number of amides is 1. The lowest BCUT2D eigenvalue weighted by Crippen LogP contribution is -2.33. The van der Waals surface area contributed by atoms with Gasteiger partial charge in [-0.1, -0.05) is 0 Å². The van der Waals surface area contributed by atoms with E-state index in [0.717, 1.165) is 30.2 Å². The highest BCUT2D eigenvalue weighted by Gasteiger charge is 2.43. The first kappa shape index (κ1) is 23.6. The van der Waals surface area contributed by atoms with Crippen molar-refractivity contribution in [3.63, 3.8) is 0 Å². The molecule has 6 nitrogen and oxygen atoms in total. The lowest BCUT2D eigenvalue weighted by atomic mass is 10.0. The van der Waals surface area contributed by atoms with Crippen LogP contribution in [0.3, 0.4) is 0 Å². The molecule has 1 amide bonds. The summed E-state index contributed by atoms with van der Waals surface area (Å²) in [5.74, 6) is 0.444. The standard InChI is InChI=1S/C25H26F4N4O2/c26-20-2-1-6-30-23(20)24(34)32-22-11-31-21-4-3-18(10-19(21)22)35-7-5-15-8-16-12-33(13-17(16)9-15)14-25(27,28)29/h1-4,6,10-11,15-17,31H,5,7-9,12-14H2,(H,32,34)/t15-,16-,17+. The third-order valence-corrected chi connectivity index (χ3v) is 7.00. The number of nitrogens with zero attached hydrogens (tertiary/aromatic N) is 2. The number of rotatable bonds is 7. The summed E-state index contributed by atoms with van der Waals surface area (Å²) in [6.07, 6.45) is 1.59. The Labute approximate surface area is 199 Å². The van der Waals surface area contributed by atoms with Crippen LogP contribution in [0.2, 0.25) is 0 Å². The van der Waals surface area contributed by atoms with E-state index in [4.69, 9.17) is 4.74 Å². The van der Waals surface area contributed by atoms with E-state index in [1.165, 1.54) is 23.2 Å². The summed E-state index contributed by atoms with van der Waals surface area (Å²) in [5, 5.41) is 3.42. The zero-order chi connectivity index (χ0) is 24.6. The molecule has 1 saturated heterocycles. The van der Waals surface area contributed by atoms with Gasteiger partial charge in [-0.15, -0.1) is 0 Å². The van der Waals surface area contributed by atoms with Crippen LogP contribution in [0.5, 0.6) is 5.75 Å². The Morgan fingerprint density at radius 1 is 1.20 bits per heavy atom. The summed E-state index contributed by atoms with van der Waals surface area (Å²) in [6.45, 7) is 0.757. The molecule has 2 aromatic heterocycles. The van der Waals surface area contributed by atoms with Gasteiger partial charge in [0.1, 0.15) is 5.75 Å². The van der Waals surface area contributed by atoms with E-state index >= 15 is 0 Å². The molecule has 35 heavy (non-hydrogen) atoms. The van der Waals surface area contributed by atoms with E-state index in [9.17, 15) is 22.4 Å². The predicted molar refractivity (Wildman–Crippen MR) is 123 cm³/mol. The molecule has 1 aliphatic heterocycles. The Hall–Kier alpha value is -3.14. The van der Waals surface area contributed by atoms with Gasteiger partial charge in [0.25, 0.3) is 5.91 Å². The predicted octanol–water partition coefficient (Wildman–Crippen LogP) is 5.24. The number of anilines is 1. The molecule has 10 heteroatoms. The highest BCUT2D eigenvalue weighted by Crippen LogP contribution is 2.43. The topological polar surface area (TPSA) is 70.2 Å². The molecule has 3 atom stereocenters. The molecule has 2 fully saturated rings. The summed E-state index contributed by atoms with van der Waals surface area (Å²) in [6, 6.07) is 8.09. The number of hydrogen-bond donors (Lipinski definition) is 2. The van der Waals surface area contributed by atoms with Crippen LogP contribution < -0.4 is 10.1 Å². The van der Waals surface area contributed by atoms with Crippen molar-refractivity contribution in [3.05, 3.63) is 54.2 Å². The largest absolute Gasteiger partial charge is 0.494 e. The summed E-state index contributed by atoms with van der Waals surface area (Å²) < 4.78 is 57.8. The van der Waals surface area contributed by atoms with Crippen LogP contribution in [0.15, 0.2) is 42.7 Å². The second-order valence-electron chi connectivity index (χ2n) is 9.50. The van der Waals surface area contributed by atoms with Crippen LogP contribution in [0.4, 0.5) is 23.2 Å². The van der Waals surface area contributed by atoms with Crippen LogP contribution in [0, 0.1) is 23.6 Å². The summed E-state index contributed by atoms with van der Waals surface area (Å²) in [7, 11) is 0. The molecule has 0 spiro atoms. The molecule has 5 rings (SSSR count). The normalized spacial score (nSPS) is 22.5. The van der Waals surface area contributed by atoms with Gasteiger partial charge in [0, 0.05) is 36.4 Å². The number of hydrogen-bond acceptors (Lipinski definition) is 4. The van der Waals surface area contributed by atoms with Crippen molar-refractivity contribution in [2.45, 2.75) is 25.4 Å². The van der Waals surface area contributed by atoms with Crippen LogP contribution in [0.1, 0.15) is 29.8 Å². The van der Waals surface area contributed by atoms with E-state index in [1.807, 2.05) is 18.2 Å². The number of aromatic nitrogens is 2. The maximum atomic E-state index is 13.9. The summed E-state index contributed by atoms with van der Waals surface area (Å²) >= 11 is 0. The minimum absolute atomic E-state index is 0.280. The minimum Gasteiger partial charge on any atom is -0.494 e. The van der Waals surface area contributed by atoms with Gasteiger partial charge >= 0.3 is 6.18 Å². The number of carbonyl (C=O) groups excluding carboxylic acids is 1. The first-order valence-corrected chi connectivity index (χ1v) is 11.7. The number of ether oxygens (including phenoxy) is 1. The van der Waals surface area contributed by atoms with Crippen LogP contribution in [-0.4, -0.2) is 53.2 Å². The number of carbonyl (C=O) groups is 1. The molecule has 2 N–H and O–H groups in total. The first-order chi connectivity index (χ1) is 16.7. The third-order valence-electron chi connectivity index (χ3n) is 7.00. The van der Waals surface area contributed by atoms with Crippen molar-refractivity contribution in [3.8, 4) is 5.75 Å². The van der Waals surface area contributed by atoms with Crippen molar-refractivity contribution in [2.24, 2.45) is 17.8 Å². The van der Waals surface area contributed by atoms with Gasteiger partial charge in [-0.3, -0.25) is 9.69 Å². The van der Waals surface area contributed by atoms with Gasteiger partial charge in [0.05, 0.1) is 18.8 Å². The number of pyridine rings is 1. The Morgan fingerprint density at radius 3 is 2.69 bits per heavy atom. The maximum Gasteiger partial charge on any atom is 0.401 e. The Morgan fingerprint density at radius 2 is 1.97 bits per heavy atom. The Bertz CT molecular complexity index is 1200. The molecule has 1 saturated carbocycles. The maximum absolute atomic E-state index is 13.9. The number of alkyl halides is 3. The molecular formula is C25H26F4N4O2. The second kappa shape index (κ2) is 9.49. The molecule has 186 valence electrons. The fourth-order valence-corrected chi connectivity index (χ4v) is 5.51. The van der Waals surface area contributed by atoms with E-state index in [-0.39, 0.29) is 5.69 Å². The number of aromatic amines is 1.